The van der Waals surface area contributed by atoms with Gasteiger partial charge in [-0.1, -0.05) is 13.0 Å². The van der Waals surface area contributed by atoms with Crippen LogP contribution < -0.4 is 5.32 Å². The SMILES string of the molecule is CCC(NC(=O)c1cc(C)n(-c2cc(C)cc(C)c2)n1)C(=O)O. The summed E-state index contributed by atoms with van der Waals surface area (Å²) >= 11 is 0. The predicted molar refractivity (Wildman–Crippen MR) is 87.0 cm³/mol. The number of rotatable bonds is 5. The van der Waals surface area contributed by atoms with Crippen molar-refractivity contribution in [1.82, 2.24) is 15.1 Å². The van der Waals surface area contributed by atoms with Gasteiger partial charge in [-0.25, -0.2) is 9.48 Å². The monoisotopic (exact) mass is 315 g/mol. The van der Waals surface area contributed by atoms with Gasteiger partial charge in [-0.2, -0.15) is 5.10 Å². The first-order valence-corrected chi connectivity index (χ1v) is 7.50. The molecule has 0 radical (unpaired) electrons. The fraction of sp³-hybridized carbons (Fsp3) is 0.353. The van der Waals surface area contributed by atoms with Crippen LogP contribution in [0.25, 0.3) is 5.69 Å². The zero-order chi connectivity index (χ0) is 17.1. The van der Waals surface area contributed by atoms with Crippen LogP contribution in [-0.2, 0) is 4.79 Å². The summed E-state index contributed by atoms with van der Waals surface area (Å²) in [5.41, 5.74) is 4.12. The molecular weight excluding hydrogens is 294 g/mol. The number of carboxylic acid groups (broad SMARTS) is 1. The number of aliphatic carboxylic acids is 1. The number of carbonyl (C=O) groups excluding carboxylic acids is 1. The highest BCUT2D eigenvalue weighted by molar-refractivity contribution is 5.95. The van der Waals surface area contributed by atoms with Crippen molar-refractivity contribution in [2.45, 2.75) is 40.2 Å². The molecule has 2 aromatic rings. The average Bonchev–Trinajstić information content (AvgIpc) is 2.85. The summed E-state index contributed by atoms with van der Waals surface area (Å²) in [6.45, 7) is 7.57. The van der Waals surface area contributed by atoms with E-state index in [0.717, 1.165) is 22.5 Å². The standard InChI is InChI=1S/C17H21N3O3/c1-5-14(17(22)23)18-16(21)15-9-12(4)20(19-15)13-7-10(2)6-11(3)8-13/h6-9,14H,5H2,1-4H3,(H,18,21)(H,22,23). The first-order chi connectivity index (χ1) is 10.8. The maximum atomic E-state index is 12.2. The molecule has 23 heavy (non-hydrogen) atoms. The number of nitrogens with zero attached hydrogens (tertiary/aromatic N) is 2. The topological polar surface area (TPSA) is 84.2 Å². The lowest BCUT2D eigenvalue weighted by molar-refractivity contribution is -0.139. The second-order valence-electron chi connectivity index (χ2n) is 5.70. The summed E-state index contributed by atoms with van der Waals surface area (Å²) in [4.78, 5) is 23.2. The maximum absolute atomic E-state index is 12.2. The van der Waals surface area contributed by atoms with Gasteiger partial charge in [0.25, 0.3) is 5.91 Å². The van der Waals surface area contributed by atoms with Crippen LogP contribution in [0.3, 0.4) is 0 Å². The molecular formula is C17H21N3O3. The van der Waals surface area contributed by atoms with Gasteiger partial charge in [0, 0.05) is 5.69 Å². The zero-order valence-corrected chi connectivity index (χ0v) is 13.8. The molecule has 1 aromatic carbocycles. The van der Waals surface area contributed by atoms with Crippen molar-refractivity contribution < 1.29 is 14.7 Å². The minimum Gasteiger partial charge on any atom is -0.480 e. The van der Waals surface area contributed by atoms with Gasteiger partial charge in [-0.3, -0.25) is 4.79 Å². The Kier molecular flexibility index (Phi) is 4.83. The second kappa shape index (κ2) is 6.64. The van der Waals surface area contributed by atoms with E-state index in [1.165, 1.54) is 0 Å². The van der Waals surface area contributed by atoms with Crippen molar-refractivity contribution in [3.8, 4) is 5.69 Å². The van der Waals surface area contributed by atoms with Crippen LogP contribution in [0.1, 0.15) is 40.7 Å². The van der Waals surface area contributed by atoms with Crippen molar-refractivity contribution in [3.63, 3.8) is 0 Å². The smallest absolute Gasteiger partial charge is 0.326 e. The summed E-state index contributed by atoms with van der Waals surface area (Å²) in [5, 5.41) is 15.8. The maximum Gasteiger partial charge on any atom is 0.326 e. The van der Waals surface area contributed by atoms with Crippen LogP contribution in [0.2, 0.25) is 0 Å². The Morgan fingerprint density at radius 2 is 1.78 bits per heavy atom. The van der Waals surface area contributed by atoms with E-state index in [1.54, 1.807) is 17.7 Å². The Labute approximate surface area is 135 Å². The van der Waals surface area contributed by atoms with Gasteiger partial charge in [-0.05, 0) is 56.5 Å². The Morgan fingerprint density at radius 1 is 1.17 bits per heavy atom. The summed E-state index contributed by atoms with van der Waals surface area (Å²) in [6.07, 6.45) is 0.317. The van der Waals surface area contributed by atoms with Crippen molar-refractivity contribution in [3.05, 3.63) is 46.8 Å². The number of benzene rings is 1. The highest BCUT2D eigenvalue weighted by Crippen LogP contribution is 2.16. The normalized spacial score (nSPS) is 12.0. The van der Waals surface area contributed by atoms with E-state index in [4.69, 9.17) is 5.11 Å². The van der Waals surface area contributed by atoms with Crippen LogP contribution in [0, 0.1) is 20.8 Å². The molecule has 2 N–H and O–H groups in total. The lowest BCUT2D eigenvalue weighted by Crippen LogP contribution is -2.40. The summed E-state index contributed by atoms with van der Waals surface area (Å²) in [5.74, 6) is -1.53. The van der Waals surface area contributed by atoms with E-state index in [2.05, 4.69) is 16.5 Å². The zero-order valence-electron chi connectivity index (χ0n) is 13.8. The molecule has 1 atom stereocenters. The molecule has 1 amide bonds. The molecule has 0 aliphatic rings. The quantitative estimate of drug-likeness (QED) is 0.887. The largest absolute Gasteiger partial charge is 0.480 e. The summed E-state index contributed by atoms with van der Waals surface area (Å²) in [6, 6.07) is 6.78. The van der Waals surface area contributed by atoms with Gasteiger partial charge in [0.1, 0.15) is 6.04 Å². The molecule has 1 unspecified atom stereocenters. The number of aromatic nitrogens is 2. The lowest BCUT2D eigenvalue weighted by Gasteiger charge is -2.10. The molecule has 122 valence electrons. The highest BCUT2D eigenvalue weighted by atomic mass is 16.4. The number of aryl methyl sites for hydroxylation is 3. The molecule has 6 heteroatoms. The van der Waals surface area contributed by atoms with E-state index >= 15 is 0 Å². The second-order valence-corrected chi connectivity index (χ2v) is 5.70. The first kappa shape index (κ1) is 16.7. The molecule has 0 aliphatic heterocycles. The number of carbonyl (C=O) groups is 2. The van der Waals surface area contributed by atoms with E-state index < -0.39 is 17.9 Å². The number of hydrogen-bond acceptors (Lipinski definition) is 3. The third-order valence-electron chi connectivity index (χ3n) is 3.58. The number of amides is 1. The van der Waals surface area contributed by atoms with Crippen LogP contribution in [0.5, 0.6) is 0 Å². The number of hydrogen-bond donors (Lipinski definition) is 2. The Morgan fingerprint density at radius 3 is 2.30 bits per heavy atom. The van der Waals surface area contributed by atoms with Crippen molar-refractivity contribution in [2.24, 2.45) is 0 Å². The Balaban J connectivity index is 2.30. The predicted octanol–water partition coefficient (Wildman–Crippen LogP) is 2.39. The summed E-state index contributed by atoms with van der Waals surface area (Å²) < 4.78 is 1.69. The van der Waals surface area contributed by atoms with Gasteiger partial charge in [-0.15, -0.1) is 0 Å². The van der Waals surface area contributed by atoms with Crippen molar-refractivity contribution in [2.75, 3.05) is 0 Å². The minimum absolute atomic E-state index is 0.210. The number of carboxylic acids is 1. The summed E-state index contributed by atoms with van der Waals surface area (Å²) in [7, 11) is 0. The molecule has 0 aliphatic carbocycles. The molecule has 0 saturated heterocycles. The fourth-order valence-corrected chi connectivity index (χ4v) is 2.49. The van der Waals surface area contributed by atoms with E-state index in [9.17, 15) is 9.59 Å². The number of nitrogens with one attached hydrogen (secondary N) is 1. The van der Waals surface area contributed by atoms with Crippen molar-refractivity contribution >= 4 is 11.9 Å². The molecule has 0 fully saturated rings. The van der Waals surface area contributed by atoms with Crippen LogP contribution in [-0.4, -0.2) is 32.8 Å². The van der Waals surface area contributed by atoms with Gasteiger partial charge < -0.3 is 10.4 Å². The first-order valence-electron chi connectivity index (χ1n) is 7.50. The molecule has 1 aromatic heterocycles. The van der Waals surface area contributed by atoms with E-state index in [-0.39, 0.29) is 5.69 Å². The van der Waals surface area contributed by atoms with Crippen LogP contribution in [0.15, 0.2) is 24.3 Å². The van der Waals surface area contributed by atoms with E-state index in [0.29, 0.717) is 6.42 Å². The average molecular weight is 315 g/mol. The van der Waals surface area contributed by atoms with Gasteiger partial charge in [0.05, 0.1) is 5.69 Å². The lowest BCUT2D eigenvalue weighted by atomic mass is 10.1. The van der Waals surface area contributed by atoms with Gasteiger partial charge in [0.2, 0.25) is 0 Å². The molecule has 2 rings (SSSR count). The minimum atomic E-state index is -1.05. The third kappa shape index (κ3) is 3.77. The van der Waals surface area contributed by atoms with E-state index in [1.807, 2.05) is 32.9 Å². The highest BCUT2D eigenvalue weighted by Gasteiger charge is 2.21. The fourth-order valence-electron chi connectivity index (χ4n) is 2.49. The van der Waals surface area contributed by atoms with Crippen molar-refractivity contribution in [1.29, 1.82) is 0 Å². The molecule has 1 heterocycles. The Bertz CT molecular complexity index is 729. The van der Waals surface area contributed by atoms with Gasteiger partial charge >= 0.3 is 5.97 Å². The molecule has 6 nitrogen and oxygen atoms in total. The Hall–Kier alpha value is -2.63. The van der Waals surface area contributed by atoms with Crippen LogP contribution in [0.4, 0.5) is 0 Å². The van der Waals surface area contributed by atoms with Gasteiger partial charge in [0.15, 0.2) is 5.69 Å². The van der Waals surface area contributed by atoms with Crippen LogP contribution >= 0.6 is 0 Å². The third-order valence-corrected chi connectivity index (χ3v) is 3.58. The molecule has 0 saturated carbocycles. The molecule has 0 bridgehead atoms. The molecule has 0 spiro atoms.